The van der Waals surface area contributed by atoms with Crippen molar-refractivity contribution < 1.29 is 18.4 Å². The molecule has 0 fully saturated rings. The third-order valence-electron chi connectivity index (χ3n) is 5.45. The SMILES string of the molecule is Cn1nc(-c2ccc(F)cc2)cc1C(=O)Nc1nn(C)c2c1C(c1ccco1)CC(=O)N2. The Bertz CT molecular complexity index is 1320. The van der Waals surface area contributed by atoms with E-state index in [9.17, 15) is 14.0 Å². The number of nitrogens with one attached hydrogen (secondary N) is 2. The molecule has 4 heterocycles. The summed E-state index contributed by atoms with van der Waals surface area (Å²) in [5.41, 5.74) is 2.22. The maximum atomic E-state index is 13.2. The van der Waals surface area contributed by atoms with Crippen LogP contribution in [0.3, 0.4) is 0 Å². The van der Waals surface area contributed by atoms with E-state index in [1.54, 1.807) is 50.7 Å². The average Bonchev–Trinajstić information content (AvgIpc) is 3.49. The highest BCUT2D eigenvalue weighted by molar-refractivity contribution is 6.05. The summed E-state index contributed by atoms with van der Waals surface area (Å²) < 4.78 is 21.7. The number of hydrogen-bond donors (Lipinski definition) is 2. The Morgan fingerprint density at radius 1 is 1.19 bits per heavy atom. The van der Waals surface area contributed by atoms with E-state index in [2.05, 4.69) is 20.8 Å². The number of anilines is 2. The number of aryl methyl sites for hydroxylation is 2. The normalized spacial score (nSPS) is 15.3. The van der Waals surface area contributed by atoms with Gasteiger partial charge in [-0.05, 0) is 42.5 Å². The van der Waals surface area contributed by atoms with E-state index in [1.807, 2.05) is 0 Å². The first-order chi connectivity index (χ1) is 15.4. The van der Waals surface area contributed by atoms with Crippen LogP contribution in [0.2, 0.25) is 0 Å². The number of amides is 2. The van der Waals surface area contributed by atoms with Crippen LogP contribution in [0.15, 0.2) is 53.1 Å². The zero-order valence-electron chi connectivity index (χ0n) is 17.3. The maximum Gasteiger partial charge on any atom is 0.275 e. The molecule has 0 bridgehead atoms. The molecule has 0 spiro atoms. The van der Waals surface area contributed by atoms with Gasteiger partial charge in [-0.25, -0.2) is 4.39 Å². The first-order valence-electron chi connectivity index (χ1n) is 9.92. The fraction of sp³-hybridized carbons (Fsp3) is 0.182. The van der Waals surface area contributed by atoms with Crippen LogP contribution < -0.4 is 10.6 Å². The lowest BCUT2D eigenvalue weighted by Crippen LogP contribution is -2.25. The van der Waals surface area contributed by atoms with Crippen LogP contribution in [0.25, 0.3) is 11.3 Å². The molecule has 5 rings (SSSR count). The van der Waals surface area contributed by atoms with E-state index in [4.69, 9.17) is 4.42 Å². The largest absolute Gasteiger partial charge is 0.469 e. The van der Waals surface area contributed by atoms with Crippen molar-refractivity contribution >= 4 is 23.5 Å². The second kappa shape index (κ2) is 7.49. The summed E-state index contributed by atoms with van der Waals surface area (Å²) in [6, 6.07) is 11.1. The molecule has 0 aliphatic carbocycles. The number of fused-ring (bicyclic) bond motifs is 1. The third-order valence-corrected chi connectivity index (χ3v) is 5.45. The number of carbonyl (C=O) groups is 2. The molecule has 0 saturated carbocycles. The summed E-state index contributed by atoms with van der Waals surface area (Å²) in [6.45, 7) is 0. The molecule has 3 aromatic heterocycles. The van der Waals surface area contributed by atoms with Gasteiger partial charge in [-0.3, -0.25) is 19.0 Å². The standard InChI is InChI=1S/C22H19FN6O3/c1-28-16(11-15(26-28)12-5-7-13(23)8-6-12)22(31)25-20-19-14(17-4-3-9-32-17)10-18(30)24-21(19)29(2)27-20/h3-9,11,14H,10H2,1-2H3,(H,24,30)(H,25,27,31). The summed E-state index contributed by atoms with van der Waals surface area (Å²) in [5.74, 6) is 0.164. The number of furan rings is 1. The van der Waals surface area contributed by atoms with Crippen molar-refractivity contribution in [2.24, 2.45) is 14.1 Å². The van der Waals surface area contributed by atoms with Gasteiger partial charge in [-0.15, -0.1) is 0 Å². The Hall–Kier alpha value is -4.21. The second-order valence-electron chi connectivity index (χ2n) is 7.55. The molecule has 1 aliphatic heterocycles. The molecule has 0 radical (unpaired) electrons. The zero-order chi connectivity index (χ0) is 22.4. The lowest BCUT2D eigenvalue weighted by molar-refractivity contribution is -0.116. The van der Waals surface area contributed by atoms with Gasteiger partial charge < -0.3 is 15.1 Å². The van der Waals surface area contributed by atoms with Gasteiger partial charge in [0.15, 0.2) is 5.82 Å². The van der Waals surface area contributed by atoms with Crippen LogP contribution in [-0.4, -0.2) is 31.4 Å². The van der Waals surface area contributed by atoms with Crippen molar-refractivity contribution in [2.45, 2.75) is 12.3 Å². The molecule has 0 saturated heterocycles. The van der Waals surface area contributed by atoms with E-state index in [0.29, 0.717) is 39.9 Å². The predicted molar refractivity (Wildman–Crippen MR) is 114 cm³/mol. The van der Waals surface area contributed by atoms with Crippen molar-refractivity contribution in [1.82, 2.24) is 19.6 Å². The predicted octanol–water partition coefficient (Wildman–Crippen LogP) is 3.28. The average molecular weight is 434 g/mol. The van der Waals surface area contributed by atoms with E-state index in [1.165, 1.54) is 21.5 Å². The van der Waals surface area contributed by atoms with Crippen molar-refractivity contribution in [1.29, 1.82) is 0 Å². The Morgan fingerprint density at radius 2 is 1.97 bits per heavy atom. The van der Waals surface area contributed by atoms with Crippen LogP contribution in [0, 0.1) is 5.82 Å². The molecule has 10 heteroatoms. The van der Waals surface area contributed by atoms with Crippen molar-refractivity contribution in [3.05, 3.63) is 71.6 Å². The van der Waals surface area contributed by atoms with Crippen LogP contribution in [0.4, 0.5) is 16.0 Å². The van der Waals surface area contributed by atoms with E-state index in [-0.39, 0.29) is 24.1 Å². The lowest BCUT2D eigenvalue weighted by atomic mass is 9.91. The first kappa shape index (κ1) is 19.7. The molecular weight excluding hydrogens is 415 g/mol. The Labute approximate surface area is 181 Å². The van der Waals surface area contributed by atoms with Crippen LogP contribution in [-0.2, 0) is 18.9 Å². The fourth-order valence-electron chi connectivity index (χ4n) is 3.93. The Kier molecular flexibility index (Phi) is 4.62. The Balaban J connectivity index is 1.48. The van der Waals surface area contributed by atoms with Gasteiger partial charge in [0.25, 0.3) is 5.91 Å². The topological polar surface area (TPSA) is 107 Å². The molecule has 9 nitrogen and oxygen atoms in total. The lowest BCUT2D eigenvalue weighted by Gasteiger charge is -2.22. The summed E-state index contributed by atoms with van der Waals surface area (Å²) in [7, 11) is 3.34. The summed E-state index contributed by atoms with van der Waals surface area (Å²) in [5, 5.41) is 14.4. The smallest absolute Gasteiger partial charge is 0.275 e. The number of carbonyl (C=O) groups excluding carboxylic acids is 2. The second-order valence-corrected chi connectivity index (χ2v) is 7.55. The van der Waals surface area contributed by atoms with Gasteiger partial charge in [0.1, 0.15) is 23.1 Å². The van der Waals surface area contributed by atoms with E-state index < -0.39 is 5.91 Å². The van der Waals surface area contributed by atoms with E-state index >= 15 is 0 Å². The molecule has 1 atom stereocenters. The van der Waals surface area contributed by atoms with Gasteiger partial charge in [0, 0.05) is 26.1 Å². The van der Waals surface area contributed by atoms with Crippen LogP contribution in [0.5, 0.6) is 0 Å². The molecule has 1 aromatic carbocycles. The quantitative estimate of drug-likeness (QED) is 0.513. The number of rotatable bonds is 4. The summed E-state index contributed by atoms with van der Waals surface area (Å²) in [6.07, 6.45) is 1.72. The highest BCUT2D eigenvalue weighted by Crippen LogP contribution is 2.41. The highest BCUT2D eigenvalue weighted by Gasteiger charge is 2.35. The van der Waals surface area contributed by atoms with Gasteiger partial charge in [-0.2, -0.15) is 10.2 Å². The van der Waals surface area contributed by atoms with Crippen molar-refractivity contribution in [3.8, 4) is 11.3 Å². The minimum absolute atomic E-state index is 0.157. The number of hydrogen-bond acceptors (Lipinski definition) is 5. The highest BCUT2D eigenvalue weighted by atomic mass is 19.1. The van der Waals surface area contributed by atoms with Crippen molar-refractivity contribution in [2.75, 3.05) is 10.6 Å². The van der Waals surface area contributed by atoms with Crippen LogP contribution >= 0.6 is 0 Å². The van der Waals surface area contributed by atoms with Gasteiger partial charge >= 0.3 is 0 Å². The molecule has 2 amide bonds. The fourth-order valence-corrected chi connectivity index (χ4v) is 3.93. The molecule has 32 heavy (non-hydrogen) atoms. The number of aromatic nitrogens is 4. The number of halogens is 1. The van der Waals surface area contributed by atoms with Gasteiger partial charge in [0.2, 0.25) is 5.91 Å². The molecule has 162 valence electrons. The van der Waals surface area contributed by atoms with Crippen LogP contribution in [0.1, 0.15) is 34.2 Å². The van der Waals surface area contributed by atoms with Gasteiger partial charge in [0.05, 0.1) is 23.4 Å². The summed E-state index contributed by atoms with van der Waals surface area (Å²) >= 11 is 0. The monoisotopic (exact) mass is 434 g/mol. The molecule has 1 aliphatic rings. The minimum Gasteiger partial charge on any atom is -0.469 e. The molecular formula is C22H19FN6O3. The minimum atomic E-state index is -0.413. The van der Waals surface area contributed by atoms with Gasteiger partial charge in [-0.1, -0.05) is 0 Å². The maximum absolute atomic E-state index is 13.2. The molecule has 1 unspecified atom stereocenters. The zero-order valence-corrected chi connectivity index (χ0v) is 17.3. The van der Waals surface area contributed by atoms with E-state index in [0.717, 1.165) is 0 Å². The first-order valence-corrected chi connectivity index (χ1v) is 9.92. The number of benzene rings is 1. The Morgan fingerprint density at radius 3 is 2.69 bits per heavy atom. The summed E-state index contributed by atoms with van der Waals surface area (Å²) in [4.78, 5) is 25.3. The molecule has 4 aromatic rings. The number of nitrogens with zero attached hydrogens (tertiary/aromatic N) is 4. The van der Waals surface area contributed by atoms with Crippen molar-refractivity contribution in [3.63, 3.8) is 0 Å². The third kappa shape index (κ3) is 3.35. The molecule has 2 N–H and O–H groups in total.